The largest absolute Gasteiger partial charge is 0.339 e. The predicted octanol–water partition coefficient (Wildman–Crippen LogP) is 2.89. The molecule has 0 aliphatic heterocycles. The van der Waals surface area contributed by atoms with Gasteiger partial charge in [0.15, 0.2) is 0 Å². The molecule has 2 aromatic rings. The molecule has 3 rings (SSSR count). The molecule has 1 aromatic heterocycles. The molecule has 0 spiro atoms. The summed E-state index contributed by atoms with van der Waals surface area (Å²) in [7, 11) is 0. The third-order valence-electron chi connectivity index (χ3n) is 4.00. The van der Waals surface area contributed by atoms with E-state index >= 15 is 0 Å². The van der Waals surface area contributed by atoms with Gasteiger partial charge in [0.25, 0.3) is 0 Å². The molecule has 2 unspecified atom stereocenters. The van der Waals surface area contributed by atoms with E-state index in [2.05, 4.69) is 29.2 Å². The maximum absolute atomic E-state index is 5.81. The summed E-state index contributed by atoms with van der Waals surface area (Å²) in [6.45, 7) is 2.76. The Hall–Kier alpha value is -1.68. The summed E-state index contributed by atoms with van der Waals surface area (Å²) in [5.41, 5.74) is 8.02. The summed E-state index contributed by atoms with van der Waals surface area (Å²) >= 11 is 0. The molecule has 19 heavy (non-hydrogen) atoms. The molecule has 1 fully saturated rings. The Morgan fingerprint density at radius 3 is 3.05 bits per heavy atom. The maximum Gasteiger partial charge on any atom is 0.230 e. The van der Waals surface area contributed by atoms with Crippen molar-refractivity contribution < 1.29 is 4.52 Å². The first-order valence-corrected chi connectivity index (χ1v) is 6.88. The van der Waals surface area contributed by atoms with Gasteiger partial charge < -0.3 is 10.3 Å². The monoisotopic (exact) mass is 257 g/mol. The van der Waals surface area contributed by atoms with Crippen LogP contribution in [-0.4, -0.2) is 16.7 Å². The second-order valence-electron chi connectivity index (χ2n) is 5.36. The molecule has 100 valence electrons. The lowest BCUT2D eigenvalue weighted by molar-refractivity contribution is 0.326. The fourth-order valence-corrected chi connectivity index (χ4v) is 2.93. The van der Waals surface area contributed by atoms with Gasteiger partial charge in [-0.15, -0.1) is 0 Å². The van der Waals surface area contributed by atoms with Crippen LogP contribution in [0.25, 0.3) is 11.4 Å². The molecule has 0 saturated heterocycles. The molecule has 1 saturated carbocycles. The van der Waals surface area contributed by atoms with E-state index in [4.69, 9.17) is 10.3 Å². The van der Waals surface area contributed by atoms with Crippen LogP contribution in [0.4, 0.5) is 0 Å². The van der Waals surface area contributed by atoms with Gasteiger partial charge in [0.05, 0.1) is 0 Å². The highest BCUT2D eigenvalue weighted by molar-refractivity contribution is 5.55. The zero-order chi connectivity index (χ0) is 13.2. The zero-order valence-corrected chi connectivity index (χ0v) is 11.2. The van der Waals surface area contributed by atoms with Crippen LogP contribution < -0.4 is 5.73 Å². The predicted molar refractivity (Wildman–Crippen MR) is 73.6 cm³/mol. The molecular weight excluding hydrogens is 238 g/mol. The molecular formula is C15H19N3O. The van der Waals surface area contributed by atoms with Gasteiger partial charge >= 0.3 is 0 Å². The van der Waals surface area contributed by atoms with E-state index in [1.807, 2.05) is 12.1 Å². The number of aryl methyl sites for hydroxylation is 1. The fraction of sp³-hybridized carbons (Fsp3) is 0.467. The summed E-state index contributed by atoms with van der Waals surface area (Å²) < 4.78 is 5.46. The van der Waals surface area contributed by atoms with Crippen LogP contribution >= 0.6 is 0 Å². The highest BCUT2D eigenvalue weighted by Crippen LogP contribution is 2.38. The molecule has 2 atom stereocenters. The minimum atomic E-state index is 0.344. The molecule has 4 heteroatoms. The van der Waals surface area contributed by atoms with Gasteiger partial charge in [-0.25, -0.2) is 0 Å². The lowest BCUT2D eigenvalue weighted by atomic mass is 9.96. The van der Waals surface area contributed by atoms with Crippen molar-refractivity contribution in [2.24, 2.45) is 11.7 Å². The van der Waals surface area contributed by atoms with Gasteiger partial charge in [0.2, 0.25) is 11.7 Å². The van der Waals surface area contributed by atoms with E-state index in [0.29, 0.717) is 24.2 Å². The molecule has 0 radical (unpaired) electrons. The number of nitrogens with two attached hydrogens (primary N) is 1. The van der Waals surface area contributed by atoms with E-state index in [-0.39, 0.29) is 0 Å². The highest BCUT2D eigenvalue weighted by atomic mass is 16.5. The Kier molecular flexibility index (Phi) is 3.34. The van der Waals surface area contributed by atoms with Crippen molar-refractivity contribution in [1.29, 1.82) is 0 Å². The van der Waals surface area contributed by atoms with Gasteiger partial charge in [0.1, 0.15) is 0 Å². The van der Waals surface area contributed by atoms with Crippen molar-refractivity contribution in [3.05, 3.63) is 35.7 Å². The smallest absolute Gasteiger partial charge is 0.230 e. The summed E-state index contributed by atoms with van der Waals surface area (Å²) in [5.74, 6) is 2.27. The van der Waals surface area contributed by atoms with Gasteiger partial charge in [-0.3, -0.25) is 0 Å². The van der Waals surface area contributed by atoms with Gasteiger partial charge in [-0.1, -0.05) is 35.3 Å². The zero-order valence-electron chi connectivity index (χ0n) is 11.2. The van der Waals surface area contributed by atoms with Crippen LogP contribution in [-0.2, 0) is 0 Å². The third kappa shape index (κ3) is 2.40. The minimum Gasteiger partial charge on any atom is -0.339 e. The fourth-order valence-electron chi connectivity index (χ4n) is 2.93. The Labute approximate surface area is 113 Å². The van der Waals surface area contributed by atoms with Crippen LogP contribution in [0.15, 0.2) is 28.8 Å². The number of benzene rings is 1. The van der Waals surface area contributed by atoms with E-state index < -0.39 is 0 Å². The molecule has 0 bridgehead atoms. The second kappa shape index (κ2) is 5.13. The maximum atomic E-state index is 5.81. The lowest BCUT2D eigenvalue weighted by Gasteiger charge is -2.12. The third-order valence-corrected chi connectivity index (χ3v) is 4.00. The van der Waals surface area contributed by atoms with E-state index in [9.17, 15) is 0 Å². The summed E-state index contributed by atoms with van der Waals surface area (Å²) in [5, 5.41) is 4.11. The molecule has 2 N–H and O–H groups in total. The van der Waals surface area contributed by atoms with Crippen molar-refractivity contribution in [2.45, 2.75) is 32.1 Å². The molecule has 1 aliphatic rings. The van der Waals surface area contributed by atoms with E-state index in [1.54, 1.807) is 0 Å². The summed E-state index contributed by atoms with van der Waals surface area (Å²) in [4.78, 5) is 4.57. The lowest BCUT2D eigenvalue weighted by Crippen LogP contribution is -2.17. The first-order valence-electron chi connectivity index (χ1n) is 6.88. The average Bonchev–Trinajstić information content (AvgIpc) is 3.07. The molecule has 1 heterocycles. The first-order chi connectivity index (χ1) is 9.28. The number of rotatable bonds is 3. The molecule has 1 aliphatic carbocycles. The quantitative estimate of drug-likeness (QED) is 0.918. The number of hydrogen-bond acceptors (Lipinski definition) is 4. The van der Waals surface area contributed by atoms with Gasteiger partial charge in [-0.05, 0) is 38.3 Å². The standard InChI is InChI=1S/C15H19N3O/c1-10-4-2-5-11(8-10)14-17-15(19-18-14)13-7-3-6-12(13)9-16/h2,4-5,8,12-13H,3,6-7,9,16H2,1H3. The van der Waals surface area contributed by atoms with Crippen molar-refractivity contribution in [1.82, 2.24) is 10.1 Å². The van der Waals surface area contributed by atoms with Crippen molar-refractivity contribution >= 4 is 0 Å². The van der Waals surface area contributed by atoms with Gasteiger partial charge in [-0.2, -0.15) is 4.98 Å². The molecule has 4 nitrogen and oxygen atoms in total. The van der Waals surface area contributed by atoms with Crippen molar-refractivity contribution in [3.8, 4) is 11.4 Å². The number of aromatic nitrogens is 2. The normalized spacial score (nSPS) is 22.8. The Morgan fingerprint density at radius 2 is 2.26 bits per heavy atom. The Morgan fingerprint density at radius 1 is 1.37 bits per heavy atom. The Bertz CT molecular complexity index is 564. The van der Waals surface area contributed by atoms with Gasteiger partial charge in [0, 0.05) is 11.5 Å². The average molecular weight is 257 g/mol. The highest BCUT2D eigenvalue weighted by Gasteiger charge is 2.31. The second-order valence-corrected chi connectivity index (χ2v) is 5.36. The van der Waals surface area contributed by atoms with E-state index in [1.165, 1.54) is 18.4 Å². The summed E-state index contributed by atoms with van der Waals surface area (Å²) in [6, 6.07) is 8.16. The van der Waals surface area contributed by atoms with E-state index in [0.717, 1.165) is 17.9 Å². The minimum absolute atomic E-state index is 0.344. The number of nitrogens with zero attached hydrogens (tertiary/aromatic N) is 2. The van der Waals surface area contributed by atoms with Crippen LogP contribution in [0.2, 0.25) is 0 Å². The Balaban J connectivity index is 1.87. The van der Waals surface area contributed by atoms with Crippen molar-refractivity contribution in [2.75, 3.05) is 6.54 Å². The summed E-state index contributed by atoms with van der Waals surface area (Å²) in [6.07, 6.45) is 3.48. The van der Waals surface area contributed by atoms with Crippen LogP contribution in [0.1, 0.15) is 36.6 Å². The van der Waals surface area contributed by atoms with Crippen LogP contribution in [0.3, 0.4) is 0 Å². The SMILES string of the molecule is Cc1cccc(-c2noc(C3CCCC3CN)n2)c1. The molecule has 0 amide bonds. The van der Waals surface area contributed by atoms with Crippen molar-refractivity contribution in [3.63, 3.8) is 0 Å². The van der Waals surface area contributed by atoms with Crippen LogP contribution in [0.5, 0.6) is 0 Å². The molecule has 1 aromatic carbocycles. The number of hydrogen-bond donors (Lipinski definition) is 1. The van der Waals surface area contributed by atoms with Crippen LogP contribution in [0, 0.1) is 12.8 Å². The first kappa shape index (κ1) is 12.4. The topological polar surface area (TPSA) is 64.9 Å².